The average Bonchev–Trinajstić information content (AvgIpc) is 3.62. The minimum absolute atomic E-state index is 0.108. The van der Waals surface area contributed by atoms with E-state index in [1.54, 1.807) is 30.5 Å². The second kappa shape index (κ2) is 10.1. The number of nitrogens with zero attached hydrogens (tertiary/aromatic N) is 4. The van der Waals surface area contributed by atoms with E-state index < -0.39 is 15.6 Å². The Morgan fingerprint density at radius 1 is 0.744 bits per heavy atom. The number of hydrogen-bond acceptors (Lipinski definition) is 6. The summed E-state index contributed by atoms with van der Waals surface area (Å²) in [5, 5.41) is 8.24. The molecular weight excluding hydrogens is 515 g/mol. The molecule has 0 saturated carbocycles. The number of halogens is 1. The van der Waals surface area contributed by atoms with Crippen LogP contribution in [0, 0.1) is 5.82 Å². The minimum Gasteiger partial charge on any atom is -0.439 e. The van der Waals surface area contributed by atoms with E-state index in [4.69, 9.17) is 4.42 Å². The largest absolute Gasteiger partial charge is 0.439 e. The Balaban J connectivity index is 1.26. The van der Waals surface area contributed by atoms with Gasteiger partial charge in [0.25, 0.3) is 0 Å². The second-order valence-corrected chi connectivity index (χ2v) is 10.8. The smallest absolute Gasteiger partial charge is 0.211 e. The summed E-state index contributed by atoms with van der Waals surface area (Å²) in [7, 11) is -3.76. The van der Waals surface area contributed by atoms with Gasteiger partial charge in [-0.15, -0.1) is 5.10 Å². The molecule has 0 saturated heterocycles. The fourth-order valence-electron chi connectivity index (χ4n) is 4.20. The topological polar surface area (TPSA) is 90.9 Å². The molecule has 0 amide bonds. The highest BCUT2D eigenvalue weighted by Crippen LogP contribution is 2.33. The van der Waals surface area contributed by atoms with Gasteiger partial charge in [-0.2, -0.15) is 0 Å². The Morgan fingerprint density at radius 3 is 2.05 bits per heavy atom. The monoisotopic (exact) mass is 536 g/mol. The van der Waals surface area contributed by atoms with E-state index in [2.05, 4.69) is 15.3 Å². The van der Waals surface area contributed by atoms with Crippen molar-refractivity contribution >= 4 is 9.84 Å². The van der Waals surface area contributed by atoms with E-state index in [0.29, 0.717) is 22.8 Å². The van der Waals surface area contributed by atoms with Crippen LogP contribution in [0.1, 0.15) is 5.89 Å². The molecular formula is C30H21FN4O3S. The molecule has 0 unspecified atom stereocenters. The lowest BCUT2D eigenvalue weighted by Gasteiger charge is -2.04. The van der Waals surface area contributed by atoms with E-state index in [1.807, 2.05) is 60.7 Å². The van der Waals surface area contributed by atoms with Gasteiger partial charge in [0, 0.05) is 16.7 Å². The fourth-order valence-corrected chi connectivity index (χ4v) is 5.36. The molecule has 0 atom stereocenters. The van der Waals surface area contributed by atoms with Crippen LogP contribution in [-0.2, 0) is 15.6 Å². The third-order valence-electron chi connectivity index (χ3n) is 6.16. The Bertz CT molecular complexity index is 1780. The number of rotatable bonds is 7. The van der Waals surface area contributed by atoms with Crippen LogP contribution in [0.25, 0.3) is 39.5 Å². The van der Waals surface area contributed by atoms with Gasteiger partial charge in [-0.1, -0.05) is 65.9 Å². The van der Waals surface area contributed by atoms with Gasteiger partial charge in [0.1, 0.15) is 23.0 Å². The molecule has 0 aliphatic rings. The maximum atomic E-state index is 13.3. The summed E-state index contributed by atoms with van der Waals surface area (Å²) in [5.41, 5.74) is 4.15. The summed E-state index contributed by atoms with van der Waals surface area (Å²) in [6.07, 6.45) is 1.69. The Hall–Kier alpha value is -4.89. The van der Waals surface area contributed by atoms with Crippen LogP contribution in [-0.4, -0.2) is 28.4 Å². The first-order valence-corrected chi connectivity index (χ1v) is 13.7. The molecule has 9 heteroatoms. The summed E-state index contributed by atoms with van der Waals surface area (Å²) in [5.74, 6) is -0.0976. The molecule has 7 nitrogen and oxygen atoms in total. The van der Waals surface area contributed by atoms with Crippen LogP contribution in [0.3, 0.4) is 0 Å². The fraction of sp³-hybridized carbons (Fsp3) is 0.0333. The van der Waals surface area contributed by atoms with Crippen molar-refractivity contribution in [3.63, 3.8) is 0 Å². The third-order valence-corrected chi connectivity index (χ3v) is 7.78. The normalized spacial score (nSPS) is 11.5. The van der Waals surface area contributed by atoms with Crippen molar-refractivity contribution < 1.29 is 17.2 Å². The van der Waals surface area contributed by atoms with Crippen LogP contribution in [0.15, 0.2) is 125 Å². The summed E-state index contributed by atoms with van der Waals surface area (Å²) in [6.45, 7) is 0. The standard InChI is InChI=1S/C30H21FN4O3S/c31-24-13-11-21(12-14-24)27-19-35(34-33-27)25-15-17-26(18-16-25)39(36,37)20-28-32-29(22-7-3-1-4-8-22)30(38-28)23-9-5-2-6-10-23/h1-19H,20H2. The van der Waals surface area contributed by atoms with Crippen molar-refractivity contribution in [2.75, 3.05) is 0 Å². The molecule has 2 aromatic heterocycles. The van der Waals surface area contributed by atoms with Gasteiger partial charge in [0.05, 0.1) is 16.8 Å². The molecule has 0 N–H and O–H groups in total. The predicted molar refractivity (Wildman–Crippen MR) is 145 cm³/mol. The first-order chi connectivity index (χ1) is 19.0. The van der Waals surface area contributed by atoms with Crippen molar-refractivity contribution in [3.8, 4) is 39.5 Å². The zero-order chi connectivity index (χ0) is 26.8. The van der Waals surface area contributed by atoms with Crippen molar-refractivity contribution in [3.05, 3.63) is 127 Å². The van der Waals surface area contributed by atoms with Gasteiger partial charge in [-0.25, -0.2) is 22.5 Å². The molecule has 0 aliphatic carbocycles. The first kappa shape index (κ1) is 24.4. The molecule has 0 bridgehead atoms. The van der Waals surface area contributed by atoms with Crippen molar-refractivity contribution in [2.45, 2.75) is 10.6 Å². The van der Waals surface area contributed by atoms with E-state index in [9.17, 15) is 12.8 Å². The summed E-state index contributed by atoms with van der Waals surface area (Å²) in [4.78, 5) is 4.71. The molecule has 0 fully saturated rings. The summed E-state index contributed by atoms with van der Waals surface area (Å²) in [6, 6.07) is 31.3. The maximum Gasteiger partial charge on any atom is 0.211 e. The van der Waals surface area contributed by atoms with Crippen LogP contribution in [0.2, 0.25) is 0 Å². The van der Waals surface area contributed by atoms with Crippen molar-refractivity contribution in [2.24, 2.45) is 0 Å². The molecule has 0 spiro atoms. The highest BCUT2D eigenvalue weighted by atomic mass is 32.2. The number of sulfone groups is 1. The van der Waals surface area contributed by atoms with Gasteiger partial charge in [0.2, 0.25) is 5.89 Å². The zero-order valence-electron chi connectivity index (χ0n) is 20.5. The Morgan fingerprint density at radius 2 is 1.38 bits per heavy atom. The van der Waals surface area contributed by atoms with Crippen LogP contribution in [0.4, 0.5) is 4.39 Å². The molecule has 6 aromatic rings. The minimum atomic E-state index is -3.76. The quantitative estimate of drug-likeness (QED) is 0.236. The molecule has 2 heterocycles. The van der Waals surface area contributed by atoms with Gasteiger partial charge in [-0.05, 0) is 48.5 Å². The van der Waals surface area contributed by atoms with Gasteiger partial charge >= 0.3 is 0 Å². The van der Waals surface area contributed by atoms with Gasteiger partial charge < -0.3 is 4.42 Å². The molecule has 0 radical (unpaired) electrons. The van der Waals surface area contributed by atoms with Gasteiger partial charge in [0.15, 0.2) is 15.6 Å². The SMILES string of the molecule is O=S(=O)(Cc1nc(-c2ccccc2)c(-c2ccccc2)o1)c1ccc(-n2cc(-c3ccc(F)cc3)nn2)cc1. The molecule has 39 heavy (non-hydrogen) atoms. The Kier molecular flexibility index (Phi) is 6.34. The number of benzene rings is 4. The van der Waals surface area contributed by atoms with Crippen molar-refractivity contribution in [1.29, 1.82) is 0 Å². The van der Waals surface area contributed by atoms with E-state index in [1.165, 1.54) is 28.9 Å². The highest BCUT2D eigenvalue weighted by Gasteiger charge is 2.23. The van der Waals surface area contributed by atoms with Crippen LogP contribution in [0.5, 0.6) is 0 Å². The van der Waals surface area contributed by atoms with Crippen molar-refractivity contribution in [1.82, 2.24) is 20.0 Å². The molecule has 192 valence electrons. The third kappa shape index (κ3) is 5.12. The predicted octanol–water partition coefficient (Wildman–Crippen LogP) is 6.37. The van der Waals surface area contributed by atoms with E-state index >= 15 is 0 Å². The summed E-state index contributed by atoms with van der Waals surface area (Å²) >= 11 is 0. The lowest BCUT2D eigenvalue weighted by Crippen LogP contribution is -2.06. The van der Waals surface area contributed by atoms with E-state index in [0.717, 1.165) is 16.7 Å². The van der Waals surface area contributed by atoms with Crippen LogP contribution < -0.4 is 0 Å². The Labute approximate surface area is 224 Å². The number of hydrogen-bond donors (Lipinski definition) is 0. The second-order valence-electron chi connectivity index (χ2n) is 8.83. The lowest BCUT2D eigenvalue weighted by molar-refractivity contribution is 0.519. The first-order valence-electron chi connectivity index (χ1n) is 12.1. The number of oxazole rings is 1. The van der Waals surface area contributed by atoms with Crippen LogP contribution >= 0.6 is 0 Å². The molecule has 0 aliphatic heterocycles. The lowest BCUT2D eigenvalue weighted by atomic mass is 10.1. The molecule has 6 rings (SSSR count). The maximum absolute atomic E-state index is 13.3. The average molecular weight is 537 g/mol. The van der Waals surface area contributed by atoms with E-state index in [-0.39, 0.29) is 16.6 Å². The highest BCUT2D eigenvalue weighted by molar-refractivity contribution is 7.90. The van der Waals surface area contributed by atoms with Gasteiger partial charge in [-0.3, -0.25) is 0 Å². The zero-order valence-corrected chi connectivity index (χ0v) is 21.3. The number of aromatic nitrogens is 4. The molecule has 4 aromatic carbocycles. The summed E-state index contributed by atoms with van der Waals surface area (Å²) < 4.78 is 47.4.